The smallest absolute Gasteiger partial charge is 0.319 e. The van der Waals surface area contributed by atoms with E-state index >= 15 is 0 Å². The molecular formula is C41H46N10O6. The number of pyridine rings is 1. The second-order valence-corrected chi connectivity index (χ2v) is 14.5. The van der Waals surface area contributed by atoms with Gasteiger partial charge in [-0.05, 0) is 75.5 Å². The Morgan fingerprint density at radius 3 is 2.61 bits per heavy atom. The maximum absolute atomic E-state index is 13.2. The number of amides is 6. The van der Waals surface area contributed by atoms with Gasteiger partial charge in [0.25, 0.3) is 11.8 Å². The van der Waals surface area contributed by atoms with Gasteiger partial charge in [-0.15, -0.1) is 0 Å². The molecule has 7 rings (SSSR count). The van der Waals surface area contributed by atoms with Gasteiger partial charge < -0.3 is 30.9 Å². The highest BCUT2D eigenvalue weighted by atomic mass is 16.5. The van der Waals surface area contributed by atoms with Crippen molar-refractivity contribution < 1.29 is 28.7 Å². The fourth-order valence-electron chi connectivity index (χ4n) is 7.49. The van der Waals surface area contributed by atoms with Gasteiger partial charge in [-0.2, -0.15) is 5.26 Å². The zero-order valence-corrected chi connectivity index (χ0v) is 31.8. The lowest BCUT2D eigenvalue weighted by Crippen LogP contribution is -2.54. The number of rotatable bonds is 14. The average Bonchev–Trinajstić information content (AvgIpc) is 3.47. The van der Waals surface area contributed by atoms with E-state index in [0.717, 1.165) is 79.5 Å². The first-order chi connectivity index (χ1) is 27.7. The number of hydrogen-bond acceptors (Lipinski definition) is 12. The van der Waals surface area contributed by atoms with E-state index in [0.29, 0.717) is 42.4 Å². The van der Waals surface area contributed by atoms with Gasteiger partial charge in [0.05, 0.1) is 40.9 Å². The van der Waals surface area contributed by atoms with Crippen molar-refractivity contribution >= 4 is 58.5 Å². The second-order valence-electron chi connectivity index (χ2n) is 14.5. The van der Waals surface area contributed by atoms with E-state index < -0.39 is 29.7 Å². The molecule has 16 heteroatoms. The highest BCUT2D eigenvalue weighted by Gasteiger charge is 2.44. The molecule has 0 aliphatic carbocycles. The summed E-state index contributed by atoms with van der Waals surface area (Å²) in [6.07, 6.45) is 8.69. The molecule has 0 saturated carbocycles. The van der Waals surface area contributed by atoms with E-state index in [2.05, 4.69) is 47.4 Å². The van der Waals surface area contributed by atoms with Crippen molar-refractivity contribution in [2.45, 2.75) is 51.1 Å². The quantitative estimate of drug-likeness (QED) is 0.117. The molecule has 3 aromatic rings. The molecule has 57 heavy (non-hydrogen) atoms. The Bertz CT molecular complexity index is 2110. The summed E-state index contributed by atoms with van der Waals surface area (Å²) in [6.45, 7) is 7.83. The normalized spacial score (nSPS) is 18.2. The molecule has 0 radical (unpaired) electrons. The molecule has 0 bridgehead atoms. The number of fused-ring (bicyclic) bond motifs is 2. The van der Waals surface area contributed by atoms with E-state index in [1.54, 1.807) is 36.5 Å². The van der Waals surface area contributed by atoms with Crippen molar-refractivity contribution in [3.05, 3.63) is 77.0 Å². The number of carbonyl (C=O) groups is 5. The summed E-state index contributed by atoms with van der Waals surface area (Å²) in [5.41, 5.74) is 5.21. The molecule has 2 saturated heterocycles. The standard InChI is InChI=1S/C41H46N10O6/c1-26(46-33-11-7-27(23-42)37-31(33)6-5-15-43-37)24-45-41(56)47-28-8-14-36(44-25-28)57-21-4-2-3-16-49-17-19-50(20-18-49)29-9-10-30-32(22-29)40(55)51(39(30)54)34-12-13-35(52)48-38(34)53/h5-11,14,22,25-26,34,43,46H,2-4,12-13,15-21,24H2,1H3,(H2,45,47,56)(H,48,52,53). The summed E-state index contributed by atoms with van der Waals surface area (Å²) in [7, 11) is 0. The van der Waals surface area contributed by atoms with Crippen LogP contribution in [0.1, 0.15) is 70.9 Å². The van der Waals surface area contributed by atoms with Crippen molar-refractivity contribution in [3.8, 4) is 11.9 Å². The van der Waals surface area contributed by atoms with Gasteiger partial charge in [0.2, 0.25) is 17.7 Å². The predicted octanol–water partition coefficient (Wildman–Crippen LogP) is 3.79. The monoisotopic (exact) mass is 774 g/mol. The molecule has 4 aliphatic heterocycles. The Morgan fingerprint density at radius 2 is 1.84 bits per heavy atom. The Balaban J connectivity index is 0.763. The number of benzene rings is 2. The zero-order valence-electron chi connectivity index (χ0n) is 31.8. The van der Waals surface area contributed by atoms with Crippen LogP contribution in [0.5, 0.6) is 5.88 Å². The van der Waals surface area contributed by atoms with Gasteiger partial charge in [-0.25, -0.2) is 9.78 Å². The number of piperidine rings is 1. The first-order valence-corrected chi connectivity index (χ1v) is 19.4. The lowest BCUT2D eigenvalue weighted by Gasteiger charge is -2.36. The lowest BCUT2D eigenvalue weighted by atomic mass is 10.0. The molecule has 2 unspecified atom stereocenters. The second kappa shape index (κ2) is 17.5. The van der Waals surface area contributed by atoms with Crippen LogP contribution >= 0.6 is 0 Å². The van der Waals surface area contributed by atoms with Gasteiger partial charge >= 0.3 is 6.03 Å². The van der Waals surface area contributed by atoms with Crippen LogP contribution in [0.2, 0.25) is 0 Å². The molecule has 6 amide bonds. The molecule has 296 valence electrons. The number of imide groups is 2. The summed E-state index contributed by atoms with van der Waals surface area (Å²) < 4.78 is 5.83. The lowest BCUT2D eigenvalue weighted by molar-refractivity contribution is -0.136. The molecule has 5 heterocycles. The highest BCUT2D eigenvalue weighted by molar-refractivity contribution is 6.23. The number of anilines is 4. The first kappa shape index (κ1) is 38.8. The molecule has 0 spiro atoms. The number of ether oxygens (including phenoxy) is 1. The fourth-order valence-corrected chi connectivity index (χ4v) is 7.49. The van der Waals surface area contributed by atoms with Crippen LogP contribution in [0.3, 0.4) is 0 Å². The van der Waals surface area contributed by atoms with Gasteiger partial charge in [-0.1, -0.05) is 12.2 Å². The molecule has 5 N–H and O–H groups in total. The maximum atomic E-state index is 13.2. The number of carbonyl (C=O) groups excluding carboxylic acids is 5. The van der Waals surface area contributed by atoms with Crippen LogP contribution in [-0.4, -0.2) is 109 Å². The molecule has 4 aliphatic rings. The Kier molecular flexibility index (Phi) is 11.9. The summed E-state index contributed by atoms with van der Waals surface area (Å²) in [5.74, 6) is -1.51. The fraction of sp³-hybridized carbons (Fsp3) is 0.390. The minimum atomic E-state index is -0.976. The summed E-state index contributed by atoms with van der Waals surface area (Å²) in [5, 5.41) is 24.0. The van der Waals surface area contributed by atoms with Gasteiger partial charge in [0, 0.05) is 74.7 Å². The molecule has 2 aromatic carbocycles. The topological polar surface area (TPSA) is 201 Å². The maximum Gasteiger partial charge on any atom is 0.319 e. The van der Waals surface area contributed by atoms with E-state index in [1.165, 1.54) is 0 Å². The predicted molar refractivity (Wildman–Crippen MR) is 214 cm³/mol. The van der Waals surface area contributed by atoms with Gasteiger partial charge in [0.1, 0.15) is 12.1 Å². The van der Waals surface area contributed by atoms with Crippen LogP contribution in [0.15, 0.2) is 54.7 Å². The van der Waals surface area contributed by atoms with E-state index in [9.17, 15) is 29.2 Å². The van der Waals surface area contributed by atoms with E-state index in [-0.39, 0.29) is 30.5 Å². The van der Waals surface area contributed by atoms with Crippen molar-refractivity contribution in [1.82, 2.24) is 25.4 Å². The van der Waals surface area contributed by atoms with Crippen LogP contribution < -0.4 is 36.2 Å². The minimum Gasteiger partial charge on any atom is -0.478 e. The molecule has 2 fully saturated rings. The number of urea groups is 1. The van der Waals surface area contributed by atoms with Crippen LogP contribution in [0.25, 0.3) is 6.08 Å². The highest BCUT2D eigenvalue weighted by Crippen LogP contribution is 2.33. The molecule has 16 nitrogen and oxygen atoms in total. The number of nitrogens with one attached hydrogen (secondary N) is 5. The van der Waals surface area contributed by atoms with Crippen LogP contribution in [0.4, 0.5) is 27.5 Å². The van der Waals surface area contributed by atoms with Crippen molar-refractivity contribution in [3.63, 3.8) is 0 Å². The van der Waals surface area contributed by atoms with E-state index in [1.807, 2.05) is 31.2 Å². The van der Waals surface area contributed by atoms with Crippen LogP contribution in [0, 0.1) is 11.3 Å². The van der Waals surface area contributed by atoms with Crippen molar-refractivity contribution in [1.29, 1.82) is 5.26 Å². The number of hydrogen-bond donors (Lipinski definition) is 5. The third kappa shape index (κ3) is 9.00. The van der Waals surface area contributed by atoms with Gasteiger partial charge in [-0.3, -0.25) is 34.3 Å². The molecule has 2 atom stereocenters. The Labute approximate surface area is 330 Å². The van der Waals surface area contributed by atoms with Crippen molar-refractivity contribution in [2.24, 2.45) is 0 Å². The molecular weight excluding hydrogens is 729 g/mol. The van der Waals surface area contributed by atoms with E-state index in [4.69, 9.17) is 4.74 Å². The Morgan fingerprint density at radius 1 is 1.02 bits per heavy atom. The third-order valence-corrected chi connectivity index (χ3v) is 10.5. The number of unbranched alkanes of at least 4 members (excludes halogenated alkanes) is 2. The SMILES string of the molecule is CC(CNC(=O)Nc1ccc(OCCCCCN2CCN(c3ccc4c(c3)C(=O)N(C3CCC(=O)NC3=O)C4=O)CC2)nc1)Nc1ccc(C#N)c2c1C=CCN2. The summed E-state index contributed by atoms with van der Waals surface area (Å²) in [6, 6.07) is 13.2. The number of aromatic nitrogens is 1. The largest absolute Gasteiger partial charge is 0.478 e. The third-order valence-electron chi connectivity index (χ3n) is 10.5. The summed E-state index contributed by atoms with van der Waals surface area (Å²) in [4.78, 5) is 72.7. The van der Waals surface area contributed by atoms with Gasteiger partial charge in [0.15, 0.2) is 0 Å². The first-order valence-electron chi connectivity index (χ1n) is 19.4. The number of nitriles is 1. The minimum absolute atomic E-state index is 0.0728. The number of piperazine rings is 1. The Hall–Kier alpha value is -6.47. The average molecular weight is 775 g/mol. The van der Waals surface area contributed by atoms with Crippen LogP contribution in [-0.2, 0) is 9.59 Å². The van der Waals surface area contributed by atoms with Crippen molar-refractivity contribution in [2.75, 3.05) is 73.3 Å². The molecule has 1 aromatic heterocycles. The zero-order chi connectivity index (χ0) is 39.9. The summed E-state index contributed by atoms with van der Waals surface area (Å²) >= 11 is 0. The number of nitrogens with zero attached hydrogens (tertiary/aromatic N) is 5.